The molecular formula is C18H22ClN3O4S. The zero-order valence-electron chi connectivity index (χ0n) is 15.0. The van der Waals surface area contributed by atoms with Crippen LogP contribution in [-0.4, -0.2) is 36.3 Å². The molecule has 27 heavy (non-hydrogen) atoms. The second-order valence-corrected chi connectivity index (χ2v) is 9.51. The summed E-state index contributed by atoms with van der Waals surface area (Å²) in [7, 11) is -3.50. The number of aromatic nitrogens is 2. The highest BCUT2D eigenvalue weighted by atomic mass is 35.5. The Labute approximate surface area is 163 Å². The van der Waals surface area contributed by atoms with Gasteiger partial charge < -0.3 is 9.84 Å². The number of aryl methyl sites for hydroxylation is 1. The Kier molecular flexibility index (Phi) is 6.16. The molecule has 0 saturated heterocycles. The van der Waals surface area contributed by atoms with Gasteiger partial charge in [-0.3, -0.25) is 4.79 Å². The fraction of sp³-hybridized carbons (Fsp3) is 0.500. The van der Waals surface area contributed by atoms with Gasteiger partial charge in [-0.2, -0.15) is 4.98 Å². The number of carbonyl (C=O) groups excluding carboxylic acids is 1. The monoisotopic (exact) mass is 411 g/mol. The van der Waals surface area contributed by atoms with E-state index in [0.29, 0.717) is 10.9 Å². The van der Waals surface area contributed by atoms with Crippen LogP contribution in [0.3, 0.4) is 0 Å². The van der Waals surface area contributed by atoms with Gasteiger partial charge in [-0.1, -0.05) is 23.7 Å². The molecule has 0 spiro atoms. The second-order valence-electron chi connectivity index (χ2n) is 6.97. The largest absolute Gasteiger partial charge is 0.345 e. The first-order chi connectivity index (χ1) is 12.8. The number of nitrogens with one attached hydrogen (secondary N) is 1. The summed E-state index contributed by atoms with van der Waals surface area (Å²) < 4.78 is 29.7. The van der Waals surface area contributed by atoms with E-state index in [-0.39, 0.29) is 34.8 Å². The van der Waals surface area contributed by atoms with Crippen molar-refractivity contribution in [3.05, 3.63) is 41.0 Å². The highest BCUT2D eigenvalue weighted by Gasteiger charge is 2.23. The van der Waals surface area contributed by atoms with Crippen LogP contribution in [0.2, 0.25) is 5.02 Å². The Morgan fingerprint density at radius 2 is 1.89 bits per heavy atom. The number of hydrogen-bond donors (Lipinski definition) is 1. The van der Waals surface area contributed by atoms with E-state index in [1.165, 1.54) is 24.3 Å². The molecule has 1 amide bonds. The van der Waals surface area contributed by atoms with Gasteiger partial charge in [0.15, 0.2) is 15.7 Å². The first kappa shape index (κ1) is 19.8. The van der Waals surface area contributed by atoms with Crippen LogP contribution in [0.25, 0.3) is 0 Å². The molecule has 0 atom stereocenters. The third kappa shape index (κ3) is 5.29. The van der Waals surface area contributed by atoms with E-state index in [9.17, 15) is 13.2 Å². The fourth-order valence-corrected chi connectivity index (χ4v) is 4.45. The molecule has 0 aliphatic heterocycles. The van der Waals surface area contributed by atoms with Gasteiger partial charge in [0.05, 0.1) is 10.6 Å². The minimum Gasteiger partial charge on any atom is -0.345 e. The molecule has 3 rings (SSSR count). The van der Waals surface area contributed by atoms with Crippen LogP contribution in [0, 0.1) is 5.92 Å². The Morgan fingerprint density at radius 1 is 1.22 bits per heavy atom. The molecule has 0 unspecified atom stereocenters. The zero-order chi connectivity index (χ0) is 19.4. The van der Waals surface area contributed by atoms with E-state index in [0.717, 1.165) is 25.7 Å². The van der Waals surface area contributed by atoms with Crippen molar-refractivity contribution in [1.29, 1.82) is 0 Å². The first-order valence-corrected chi connectivity index (χ1v) is 11.0. The highest BCUT2D eigenvalue weighted by molar-refractivity contribution is 7.91. The van der Waals surface area contributed by atoms with Gasteiger partial charge >= 0.3 is 11.8 Å². The summed E-state index contributed by atoms with van der Waals surface area (Å²) in [4.78, 5) is 16.4. The van der Waals surface area contributed by atoms with E-state index in [1.54, 1.807) is 0 Å². The van der Waals surface area contributed by atoms with Crippen molar-refractivity contribution in [3.63, 3.8) is 0 Å². The first-order valence-electron chi connectivity index (χ1n) is 8.95. The Morgan fingerprint density at radius 3 is 2.56 bits per heavy atom. The fourth-order valence-electron chi connectivity index (χ4n) is 3.08. The Hall–Kier alpha value is -1.93. The smallest absolute Gasteiger partial charge is 0.315 e. The molecule has 7 nitrogen and oxygen atoms in total. The quantitative estimate of drug-likeness (QED) is 0.783. The lowest BCUT2D eigenvalue weighted by Crippen LogP contribution is -2.37. The lowest BCUT2D eigenvalue weighted by molar-refractivity contribution is 0.0878. The lowest BCUT2D eigenvalue weighted by Gasteiger charge is -2.26. The van der Waals surface area contributed by atoms with Crippen molar-refractivity contribution in [2.45, 2.75) is 50.0 Å². The van der Waals surface area contributed by atoms with E-state index < -0.39 is 15.7 Å². The van der Waals surface area contributed by atoms with Crippen molar-refractivity contribution < 1.29 is 17.7 Å². The molecule has 2 aromatic rings. The van der Waals surface area contributed by atoms with Crippen LogP contribution in [0.5, 0.6) is 0 Å². The Bertz CT molecular complexity index is 888. The van der Waals surface area contributed by atoms with E-state index in [2.05, 4.69) is 22.4 Å². The van der Waals surface area contributed by atoms with Crippen LogP contribution in [-0.2, 0) is 16.3 Å². The molecular weight excluding hydrogens is 390 g/mol. The normalized spacial score (nSPS) is 20.4. The van der Waals surface area contributed by atoms with E-state index in [4.69, 9.17) is 16.1 Å². The van der Waals surface area contributed by atoms with E-state index >= 15 is 0 Å². The number of nitrogens with zero attached hydrogens (tertiary/aromatic N) is 2. The van der Waals surface area contributed by atoms with Gasteiger partial charge in [0.1, 0.15) is 0 Å². The van der Waals surface area contributed by atoms with Gasteiger partial charge in [0, 0.05) is 17.5 Å². The molecule has 1 fully saturated rings. The molecule has 1 aliphatic carbocycles. The summed E-state index contributed by atoms with van der Waals surface area (Å²) in [5.41, 5.74) is 0. The number of carbonyl (C=O) groups is 1. The topological polar surface area (TPSA) is 102 Å². The molecule has 9 heteroatoms. The molecule has 1 N–H and O–H groups in total. The summed E-state index contributed by atoms with van der Waals surface area (Å²) in [5.74, 6) is 0.155. The third-order valence-corrected chi connectivity index (χ3v) is 6.76. The van der Waals surface area contributed by atoms with Crippen molar-refractivity contribution in [3.8, 4) is 0 Å². The summed E-state index contributed by atoms with van der Waals surface area (Å²) in [5, 5.41) is 7.10. The maximum Gasteiger partial charge on any atom is 0.315 e. The van der Waals surface area contributed by atoms with Crippen molar-refractivity contribution >= 4 is 27.3 Å². The SMILES string of the molecule is CC1CCC(NC(=O)c2nc(CCS(=O)(=O)c3ccc(Cl)cc3)no2)CC1. The Balaban J connectivity index is 1.56. The number of amides is 1. The molecule has 0 radical (unpaired) electrons. The molecule has 1 heterocycles. The maximum atomic E-state index is 12.3. The lowest BCUT2D eigenvalue weighted by atomic mass is 9.87. The van der Waals surface area contributed by atoms with Crippen LogP contribution in [0.4, 0.5) is 0 Å². The van der Waals surface area contributed by atoms with E-state index in [1.807, 2.05) is 0 Å². The summed E-state index contributed by atoms with van der Waals surface area (Å²) >= 11 is 5.78. The summed E-state index contributed by atoms with van der Waals surface area (Å²) in [6.07, 6.45) is 4.11. The summed E-state index contributed by atoms with van der Waals surface area (Å²) in [6, 6.07) is 6.08. The van der Waals surface area contributed by atoms with Crippen LogP contribution < -0.4 is 5.32 Å². The number of sulfone groups is 1. The average Bonchev–Trinajstić information content (AvgIpc) is 3.12. The van der Waals surface area contributed by atoms with Gasteiger partial charge in [0.25, 0.3) is 0 Å². The summed E-state index contributed by atoms with van der Waals surface area (Å²) in [6.45, 7) is 2.21. The highest BCUT2D eigenvalue weighted by Crippen LogP contribution is 2.23. The van der Waals surface area contributed by atoms with Gasteiger partial charge in [-0.05, 0) is 55.9 Å². The standard InChI is InChI=1S/C18H22ClN3O4S/c1-12-2-6-14(7-3-12)20-17(23)18-21-16(22-26-18)10-11-27(24,25)15-8-4-13(19)5-9-15/h4-5,8-9,12,14H,2-3,6-7,10-11H2,1H3,(H,20,23). The number of hydrogen-bond acceptors (Lipinski definition) is 6. The average molecular weight is 412 g/mol. The minimum atomic E-state index is -3.50. The van der Waals surface area contributed by atoms with Crippen molar-refractivity contribution in [2.75, 3.05) is 5.75 Å². The van der Waals surface area contributed by atoms with Gasteiger partial charge in [-0.25, -0.2) is 8.42 Å². The zero-order valence-corrected chi connectivity index (χ0v) is 16.6. The molecule has 146 valence electrons. The van der Waals surface area contributed by atoms with Gasteiger partial charge in [0.2, 0.25) is 0 Å². The number of rotatable bonds is 6. The molecule has 1 saturated carbocycles. The third-order valence-electron chi connectivity index (χ3n) is 4.78. The van der Waals surface area contributed by atoms with Crippen molar-refractivity contribution in [1.82, 2.24) is 15.5 Å². The van der Waals surface area contributed by atoms with Crippen molar-refractivity contribution in [2.24, 2.45) is 5.92 Å². The van der Waals surface area contributed by atoms with Crippen LogP contribution in [0.1, 0.15) is 49.1 Å². The number of halogens is 1. The predicted octanol–water partition coefficient (Wildman–Crippen LogP) is 3.05. The van der Waals surface area contributed by atoms with Gasteiger partial charge in [-0.15, -0.1) is 0 Å². The second kappa shape index (κ2) is 8.39. The molecule has 1 aromatic carbocycles. The minimum absolute atomic E-state index is 0.0582. The molecule has 1 aromatic heterocycles. The number of benzene rings is 1. The van der Waals surface area contributed by atoms with Crippen LogP contribution in [0.15, 0.2) is 33.7 Å². The van der Waals surface area contributed by atoms with Crippen LogP contribution >= 0.6 is 11.6 Å². The maximum absolute atomic E-state index is 12.3. The molecule has 1 aliphatic rings. The predicted molar refractivity (Wildman–Crippen MR) is 100 cm³/mol. The molecule has 0 bridgehead atoms.